The van der Waals surface area contributed by atoms with Gasteiger partial charge in [-0.15, -0.1) is 16.4 Å². The average molecular weight is 723 g/mol. The number of amidine groups is 1. The number of fused-ring (bicyclic) bond motifs is 2. The zero-order valence-corrected chi connectivity index (χ0v) is 27.7. The number of halogens is 2. The van der Waals surface area contributed by atoms with E-state index in [-0.39, 0.29) is 17.0 Å². The van der Waals surface area contributed by atoms with E-state index < -0.39 is 10.0 Å². The number of likely N-dealkylation sites (tertiary alicyclic amines) is 2. The molecule has 2 saturated heterocycles. The molecule has 1 aromatic heterocycles. The number of sulfonamides is 1. The summed E-state index contributed by atoms with van der Waals surface area (Å²) in [4.78, 5) is 7.53. The van der Waals surface area contributed by atoms with E-state index in [9.17, 15) is 8.42 Å². The second-order valence-electron chi connectivity index (χ2n) is 11.1. The van der Waals surface area contributed by atoms with Gasteiger partial charge in [0, 0.05) is 30.6 Å². The van der Waals surface area contributed by atoms with Crippen LogP contribution in [-0.2, 0) is 14.8 Å². The molecule has 11 heteroatoms. The summed E-state index contributed by atoms with van der Waals surface area (Å²) in [6.07, 6.45) is 4.74. The summed E-state index contributed by atoms with van der Waals surface area (Å²) in [5, 5.41) is 4.68. The quantitative estimate of drug-likeness (QED) is 0.156. The number of nitrogens with zero attached hydrogens (tertiary/aromatic N) is 3. The van der Waals surface area contributed by atoms with Gasteiger partial charge in [-0.3, -0.25) is 0 Å². The Hall–Kier alpha value is -1.76. The molecule has 1 aliphatic carbocycles. The molecule has 41 heavy (non-hydrogen) atoms. The first-order valence-electron chi connectivity index (χ1n) is 14.1. The fourth-order valence-corrected chi connectivity index (χ4v) is 10.3. The van der Waals surface area contributed by atoms with Crippen LogP contribution >= 0.6 is 43.2 Å². The fraction of sp³-hybridized carbons (Fsp3) is 0.433. The molecule has 7 nitrogen and oxygen atoms in total. The largest absolute Gasteiger partial charge is 0.376 e. The van der Waals surface area contributed by atoms with Gasteiger partial charge < -0.3 is 14.5 Å². The van der Waals surface area contributed by atoms with Crippen molar-refractivity contribution in [2.45, 2.75) is 49.6 Å². The van der Waals surface area contributed by atoms with E-state index in [0.29, 0.717) is 11.8 Å². The summed E-state index contributed by atoms with van der Waals surface area (Å²) in [5.41, 5.74) is 3.92. The highest BCUT2D eigenvalue weighted by atomic mass is 79.9. The lowest BCUT2D eigenvalue weighted by Crippen LogP contribution is -2.44. The molecule has 3 unspecified atom stereocenters. The number of hydrogen-bond acceptors (Lipinski definition) is 6. The highest BCUT2D eigenvalue weighted by molar-refractivity contribution is 9.12. The topological polar surface area (TPSA) is 74.2 Å². The van der Waals surface area contributed by atoms with Crippen LogP contribution in [0.2, 0.25) is 0 Å². The molecule has 2 aliphatic heterocycles. The minimum absolute atomic E-state index is 0.189. The van der Waals surface area contributed by atoms with Gasteiger partial charge >= 0.3 is 0 Å². The molecule has 3 atom stereocenters. The lowest BCUT2D eigenvalue weighted by Gasteiger charge is -2.34. The molecule has 0 spiro atoms. The second-order valence-corrected chi connectivity index (χ2v) is 16.4. The Morgan fingerprint density at radius 3 is 2.46 bits per heavy atom. The molecule has 3 heterocycles. The number of piperidine rings is 1. The fourth-order valence-electron chi connectivity index (χ4n) is 6.29. The van der Waals surface area contributed by atoms with Crippen LogP contribution < -0.4 is 4.83 Å². The number of aryl methyl sites for hydroxylation is 1. The monoisotopic (exact) mass is 720 g/mol. The summed E-state index contributed by atoms with van der Waals surface area (Å²) in [7, 11) is -3.85. The SMILES string of the molecule is Cc1ccc(S(=O)(=O)N/N=C(\c2c(Br)sc(Br)c2-c2ccccc2)N2CC3CC2CC3OCCN2CCCC2)cc1. The molecule has 0 radical (unpaired) electrons. The second kappa shape index (κ2) is 12.5. The molecule has 1 N–H and O–H groups in total. The number of ether oxygens (including phenoxy) is 1. The first kappa shape index (κ1) is 29.3. The van der Waals surface area contributed by atoms with E-state index in [2.05, 4.69) is 63.7 Å². The van der Waals surface area contributed by atoms with Gasteiger partial charge in [0.05, 0.1) is 30.7 Å². The highest BCUT2D eigenvalue weighted by Gasteiger charge is 2.47. The maximum absolute atomic E-state index is 13.3. The first-order chi connectivity index (χ1) is 19.8. The van der Waals surface area contributed by atoms with Crippen LogP contribution in [0.1, 0.15) is 36.8 Å². The summed E-state index contributed by atoms with van der Waals surface area (Å²) in [6.45, 7) is 6.84. The molecule has 3 aromatic rings. The molecule has 3 aliphatic rings. The minimum Gasteiger partial charge on any atom is -0.376 e. The van der Waals surface area contributed by atoms with Crippen molar-refractivity contribution >= 4 is 59.1 Å². The van der Waals surface area contributed by atoms with Crippen LogP contribution in [0.4, 0.5) is 0 Å². The Morgan fingerprint density at radius 2 is 1.78 bits per heavy atom. The van der Waals surface area contributed by atoms with Crippen LogP contribution in [0.3, 0.4) is 0 Å². The standard InChI is InChI=1S/C30H34Br2N4O3S2/c1-20-9-11-24(12-10-20)41(37,38)34-33-30(27-26(28(31)40-29(27)32)21-7-3-2-4-8-21)36-19-22-17-23(36)18-25(22)39-16-15-35-13-5-6-14-35/h2-4,7-12,22-23,25,34H,5-6,13-19H2,1H3/b33-30+. The predicted octanol–water partition coefficient (Wildman–Crippen LogP) is 6.46. The maximum atomic E-state index is 13.3. The minimum atomic E-state index is -3.85. The third-order valence-corrected chi connectivity index (χ3v) is 12.2. The van der Waals surface area contributed by atoms with Gasteiger partial charge in [0.25, 0.3) is 10.0 Å². The van der Waals surface area contributed by atoms with Crippen molar-refractivity contribution in [2.75, 3.05) is 32.8 Å². The van der Waals surface area contributed by atoms with Crippen molar-refractivity contribution in [1.29, 1.82) is 0 Å². The van der Waals surface area contributed by atoms with E-state index in [1.807, 2.05) is 25.1 Å². The molecule has 0 amide bonds. The normalized spacial score (nSPS) is 23.0. The van der Waals surface area contributed by atoms with E-state index >= 15 is 0 Å². The molecule has 6 rings (SSSR count). The lowest BCUT2D eigenvalue weighted by molar-refractivity contribution is 0.00189. The smallest absolute Gasteiger partial charge is 0.276 e. The van der Waals surface area contributed by atoms with Crippen LogP contribution in [0.25, 0.3) is 11.1 Å². The highest BCUT2D eigenvalue weighted by Crippen LogP contribution is 2.47. The number of rotatable bonds is 9. The van der Waals surface area contributed by atoms with Crippen LogP contribution in [-0.4, -0.2) is 69.0 Å². The zero-order chi connectivity index (χ0) is 28.6. The van der Waals surface area contributed by atoms with Crippen LogP contribution in [0.15, 0.2) is 72.2 Å². The Balaban J connectivity index is 1.29. The number of benzene rings is 2. The van der Waals surface area contributed by atoms with Gasteiger partial charge in [0.15, 0.2) is 5.84 Å². The van der Waals surface area contributed by atoms with Gasteiger partial charge in [-0.05, 0) is 95.3 Å². The predicted molar refractivity (Wildman–Crippen MR) is 172 cm³/mol. The van der Waals surface area contributed by atoms with Crippen LogP contribution in [0, 0.1) is 12.8 Å². The number of hydrazone groups is 1. The van der Waals surface area contributed by atoms with E-state index in [1.54, 1.807) is 35.6 Å². The molecule has 2 aromatic carbocycles. The number of nitrogens with one attached hydrogen (secondary N) is 1. The number of hydrogen-bond donors (Lipinski definition) is 1. The van der Waals surface area contributed by atoms with Crippen molar-refractivity contribution in [3.63, 3.8) is 0 Å². The Labute approximate surface area is 263 Å². The van der Waals surface area contributed by atoms with Crippen molar-refractivity contribution in [2.24, 2.45) is 11.0 Å². The maximum Gasteiger partial charge on any atom is 0.276 e. The first-order valence-corrected chi connectivity index (χ1v) is 18.0. The molecule has 1 saturated carbocycles. The molecular formula is C30H34Br2N4O3S2. The summed E-state index contributed by atoms with van der Waals surface area (Å²) >= 11 is 9.14. The van der Waals surface area contributed by atoms with Crippen LogP contribution in [0.5, 0.6) is 0 Å². The molecule has 2 bridgehead atoms. The number of thiophene rings is 1. The van der Waals surface area contributed by atoms with Gasteiger partial charge in [0.2, 0.25) is 0 Å². The summed E-state index contributed by atoms with van der Waals surface area (Å²) in [6, 6.07) is 17.2. The third kappa shape index (κ3) is 6.31. The molecule has 3 fully saturated rings. The van der Waals surface area contributed by atoms with Gasteiger partial charge in [-0.2, -0.15) is 13.2 Å². The van der Waals surface area contributed by atoms with Crippen molar-refractivity contribution in [3.8, 4) is 11.1 Å². The molecular weight excluding hydrogens is 688 g/mol. The Bertz CT molecular complexity index is 1510. The van der Waals surface area contributed by atoms with Gasteiger partial charge in [-0.25, -0.2) is 0 Å². The summed E-state index contributed by atoms with van der Waals surface area (Å²) < 4.78 is 34.9. The zero-order valence-electron chi connectivity index (χ0n) is 22.9. The van der Waals surface area contributed by atoms with E-state index in [0.717, 1.165) is 62.4 Å². The molecule has 218 valence electrons. The van der Waals surface area contributed by atoms with Crippen molar-refractivity contribution in [3.05, 3.63) is 73.3 Å². The summed E-state index contributed by atoms with van der Waals surface area (Å²) in [5.74, 6) is 1.02. The lowest BCUT2D eigenvalue weighted by atomic mass is 10.0. The van der Waals surface area contributed by atoms with Gasteiger partial charge in [0.1, 0.15) is 0 Å². The Morgan fingerprint density at radius 1 is 1.05 bits per heavy atom. The average Bonchev–Trinajstić information content (AvgIpc) is 3.75. The van der Waals surface area contributed by atoms with Gasteiger partial charge in [-0.1, -0.05) is 48.0 Å². The van der Waals surface area contributed by atoms with E-state index in [4.69, 9.17) is 4.74 Å². The van der Waals surface area contributed by atoms with Crippen molar-refractivity contribution in [1.82, 2.24) is 14.6 Å². The van der Waals surface area contributed by atoms with E-state index in [1.165, 1.54) is 25.9 Å². The third-order valence-electron chi connectivity index (χ3n) is 8.40. The van der Waals surface area contributed by atoms with Crippen molar-refractivity contribution < 1.29 is 13.2 Å². The Kier molecular flexibility index (Phi) is 8.91.